The highest BCUT2D eigenvalue weighted by Gasteiger charge is 2.03. The molecule has 0 aromatic heterocycles. The molecule has 0 aliphatic heterocycles. The van der Waals surface area contributed by atoms with Crippen LogP contribution in [-0.2, 0) is 6.54 Å². The molecule has 4 heteroatoms. The maximum Gasteiger partial charge on any atom is 0.146 e. The van der Waals surface area contributed by atoms with E-state index in [1.165, 1.54) is 0 Å². The second-order valence-electron chi connectivity index (χ2n) is 4.54. The van der Waals surface area contributed by atoms with Crippen molar-refractivity contribution in [3.63, 3.8) is 0 Å². The molecule has 0 heterocycles. The van der Waals surface area contributed by atoms with Gasteiger partial charge in [0.2, 0.25) is 0 Å². The first-order valence-corrected chi connectivity index (χ1v) is 6.01. The SMILES string of the molecule is CN(C)c1ccc(CNc2cc(F)ccc2F)cc1. The highest BCUT2D eigenvalue weighted by Crippen LogP contribution is 2.17. The Hall–Kier alpha value is -2.10. The number of benzene rings is 2. The molecule has 2 aromatic carbocycles. The van der Waals surface area contributed by atoms with Gasteiger partial charge in [0.15, 0.2) is 0 Å². The molecule has 0 unspecified atom stereocenters. The van der Waals surface area contributed by atoms with E-state index in [1.807, 2.05) is 43.3 Å². The van der Waals surface area contributed by atoms with E-state index in [9.17, 15) is 8.78 Å². The van der Waals surface area contributed by atoms with E-state index < -0.39 is 11.6 Å². The molecular weight excluding hydrogens is 246 g/mol. The average molecular weight is 262 g/mol. The van der Waals surface area contributed by atoms with Crippen molar-refractivity contribution in [2.24, 2.45) is 0 Å². The first kappa shape index (κ1) is 13.3. The fourth-order valence-corrected chi connectivity index (χ4v) is 1.74. The molecule has 2 aromatic rings. The molecule has 2 nitrogen and oxygen atoms in total. The van der Waals surface area contributed by atoms with Crippen LogP contribution in [0.1, 0.15) is 5.56 Å². The van der Waals surface area contributed by atoms with Gasteiger partial charge in [-0.2, -0.15) is 0 Å². The molecule has 0 spiro atoms. The summed E-state index contributed by atoms with van der Waals surface area (Å²) in [4.78, 5) is 2.00. The minimum atomic E-state index is -0.452. The molecule has 0 saturated carbocycles. The van der Waals surface area contributed by atoms with Crippen LogP contribution in [0.25, 0.3) is 0 Å². The van der Waals surface area contributed by atoms with Crippen LogP contribution in [-0.4, -0.2) is 14.1 Å². The summed E-state index contributed by atoms with van der Waals surface area (Å²) in [6, 6.07) is 11.3. The summed E-state index contributed by atoms with van der Waals surface area (Å²) in [5, 5.41) is 2.89. The summed E-state index contributed by atoms with van der Waals surface area (Å²) in [5.74, 6) is -0.904. The van der Waals surface area contributed by atoms with Crippen LogP contribution in [0.15, 0.2) is 42.5 Å². The lowest BCUT2D eigenvalue weighted by molar-refractivity contribution is 0.602. The second-order valence-corrected chi connectivity index (χ2v) is 4.54. The van der Waals surface area contributed by atoms with Crippen molar-refractivity contribution in [1.82, 2.24) is 0 Å². The van der Waals surface area contributed by atoms with Gasteiger partial charge in [-0.25, -0.2) is 8.78 Å². The van der Waals surface area contributed by atoms with Gasteiger partial charge in [-0.3, -0.25) is 0 Å². The molecule has 1 N–H and O–H groups in total. The summed E-state index contributed by atoms with van der Waals surface area (Å²) in [5.41, 5.74) is 2.28. The fourth-order valence-electron chi connectivity index (χ4n) is 1.74. The van der Waals surface area contributed by atoms with E-state index in [-0.39, 0.29) is 5.69 Å². The largest absolute Gasteiger partial charge is 0.379 e. The van der Waals surface area contributed by atoms with Crippen molar-refractivity contribution in [3.05, 3.63) is 59.7 Å². The minimum Gasteiger partial charge on any atom is -0.379 e. The monoisotopic (exact) mass is 262 g/mol. The van der Waals surface area contributed by atoms with Crippen LogP contribution in [0.5, 0.6) is 0 Å². The van der Waals surface area contributed by atoms with Crippen molar-refractivity contribution in [2.75, 3.05) is 24.3 Å². The fraction of sp³-hybridized carbons (Fsp3) is 0.200. The topological polar surface area (TPSA) is 15.3 Å². The molecule has 19 heavy (non-hydrogen) atoms. The van der Waals surface area contributed by atoms with E-state index in [1.54, 1.807) is 0 Å². The van der Waals surface area contributed by atoms with Crippen LogP contribution < -0.4 is 10.2 Å². The highest BCUT2D eigenvalue weighted by atomic mass is 19.1. The zero-order valence-electron chi connectivity index (χ0n) is 11.0. The standard InChI is InChI=1S/C15H16F2N2/c1-19(2)13-6-3-11(4-7-13)10-18-15-9-12(16)5-8-14(15)17/h3-9,18H,10H2,1-2H3. The third-order valence-electron chi connectivity index (χ3n) is 2.86. The smallest absolute Gasteiger partial charge is 0.146 e. The quantitative estimate of drug-likeness (QED) is 0.905. The summed E-state index contributed by atoms with van der Waals surface area (Å²) in [6.07, 6.45) is 0. The maximum atomic E-state index is 13.4. The molecule has 0 bridgehead atoms. The third kappa shape index (κ3) is 3.44. The molecule has 0 fully saturated rings. The Labute approximate surface area is 111 Å². The molecule has 100 valence electrons. The van der Waals surface area contributed by atoms with Gasteiger partial charge in [-0.15, -0.1) is 0 Å². The van der Waals surface area contributed by atoms with E-state index >= 15 is 0 Å². The zero-order valence-corrected chi connectivity index (χ0v) is 11.0. The van der Waals surface area contributed by atoms with Crippen LogP contribution in [0.2, 0.25) is 0 Å². The molecule has 2 rings (SSSR count). The number of nitrogens with one attached hydrogen (secondary N) is 1. The van der Waals surface area contributed by atoms with Crippen LogP contribution in [0, 0.1) is 11.6 Å². The molecule has 0 amide bonds. The second kappa shape index (κ2) is 5.69. The Morgan fingerprint density at radius 3 is 2.32 bits per heavy atom. The van der Waals surface area contributed by atoms with Gasteiger partial charge in [0, 0.05) is 26.3 Å². The first-order valence-electron chi connectivity index (χ1n) is 6.01. The highest BCUT2D eigenvalue weighted by molar-refractivity contribution is 5.48. The van der Waals surface area contributed by atoms with Crippen molar-refractivity contribution in [3.8, 4) is 0 Å². The Morgan fingerprint density at radius 2 is 1.68 bits per heavy atom. The summed E-state index contributed by atoms with van der Waals surface area (Å²) in [6.45, 7) is 0.452. The van der Waals surface area contributed by atoms with Crippen molar-refractivity contribution < 1.29 is 8.78 Å². The van der Waals surface area contributed by atoms with Gasteiger partial charge in [-0.05, 0) is 35.9 Å². The predicted molar refractivity (Wildman–Crippen MR) is 74.5 cm³/mol. The molecule has 0 aliphatic rings. The van der Waals surface area contributed by atoms with Crippen LogP contribution in [0.4, 0.5) is 20.2 Å². The van der Waals surface area contributed by atoms with E-state index in [0.29, 0.717) is 6.54 Å². The normalized spacial score (nSPS) is 10.3. The Kier molecular flexibility index (Phi) is 4.00. The number of halogens is 2. The average Bonchev–Trinajstić information content (AvgIpc) is 2.40. The lowest BCUT2D eigenvalue weighted by Crippen LogP contribution is -2.08. The number of hydrogen-bond donors (Lipinski definition) is 1. The van der Waals surface area contributed by atoms with Gasteiger partial charge in [0.25, 0.3) is 0 Å². The Balaban J connectivity index is 2.04. The molecule has 0 atom stereocenters. The van der Waals surface area contributed by atoms with E-state index in [4.69, 9.17) is 0 Å². The van der Waals surface area contributed by atoms with Crippen molar-refractivity contribution in [1.29, 1.82) is 0 Å². The van der Waals surface area contributed by atoms with E-state index in [0.717, 1.165) is 29.4 Å². The van der Waals surface area contributed by atoms with E-state index in [2.05, 4.69) is 5.32 Å². The maximum absolute atomic E-state index is 13.4. The van der Waals surface area contributed by atoms with Gasteiger partial charge in [0.1, 0.15) is 11.6 Å². The Bertz CT molecular complexity index is 551. The lowest BCUT2D eigenvalue weighted by Gasteiger charge is -2.13. The summed E-state index contributed by atoms with van der Waals surface area (Å²) >= 11 is 0. The number of nitrogens with zero attached hydrogens (tertiary/aromatic N) is 1. The molecule has 0 aliphatic carbocycles. The van der Waals surface area contributed by atoms with Gasteiger partial charge >= 0.3 is 0 Å². The van der Waals surface area contributed by atoms with Crippen molar-refractivity contribution in [2.45, 2.75) is 6.54 Å². The summed E-state index contributed by atoms with van der Waals surface area (Å²) < 4.78 is 26.4. The number of anilines is 2. The van der Waals surface area contributed by atoms with Gasteiger partial charge in [-0.1, -0.05) is 12.1 Å². The predicted octanol–water partition coefficient (Wildman–Crippen LogP) is 3.64. The van der Waals surface area contributed by atoms with Gasteiger partial charge < -0.3 is 10.2 Å². The number of rotatable bonds is 4. The summed E-state index contributed by atoms with van der Waals surface area (Å²) in [7, 11) is 3.94. The van der Waals surface area contributed by atoms with Crippen LogP contribution >= 0.6 is 0 Å². The first-order chi connectivity index (χ1) is 9.06. The zero-order chi connectivity index (χ0) is 13.8. The molecular formula is C15H16F2N2. The van der Waals surface area contributed by atoms with Crippen LogP contribution in [0.3, 0.4) is 0 Å². The number of hydrogen-bond acceptors (Lipinski definition) is 2. The van der Waals surface area contributed by atoms with Gasteiger partial charge in [0.05, 0.1) is 5.69 Å². The third-order valence-corrected chi connectivity index (χ3v) is 2.86. The Morgan fingerprint density at radius 1 is 1.00 bits per heavy atom. The molecule has 0 saturated heterocycles. The van der Waals surface area contributed by atoms with Crippen molar-refractivity contribution >= 4 is 11.4 Å². The minimum absolute atomic E-state index is 0.177. The molecule has 0 radical (unpaired) electrons. The lowest BCUT2D eigenvalue weighted by atomic mass is 10.2.